The molecule has 2 N–H and O–H groups in total. The molecule has 2 rings (SSSR count). The summed E-state index contributed by atoms with van der Waals surface area (Å²) in [7, 11) is 0. The van der Waals surface area contributed by atoms with Gasteiger partial charge in [-0.3, -0.25) is 10.1 Å². The third-order valence-electron chi connectivity index (χ3n) is 2.88. The third kappa shape index (κ3) is 3.33. The number of benzene rings is 1. The number of carboxylic acids is 1. The van der Waals surface area contributed by atoms with E-state index in [2.05, 4.69) is 5.32 Å². The van der Waals surface area contributed by atoms with E-state index in [0.717, 1.165) is 19.2 Å². The molecule has 0 aromatic heterocycles. The van der Waals surface area contributed by atoms with Crippen LogP contribution in [0.5, 0.6) is 0 Å². The lowest BCUT2D eigenvalue weighted by molar-refractivity contribution is -0.384. The lowest BCUT2D eigenvalue weighted by Gasteiger charge is -2.29. The van der Waals surface area contributed by atoms with Crippen LogP contribution in [0.1, 0.15) is 10.4 Å². The molecule has 1 heterocycles. The van der Waals surface area contributed by atoms with Gasteiger partial charge in [0.15, 0.2) is 0 Å². The van der Waals surface area contributed by atoms with Crippen LogP contribution in [0.2, 0.25) is 0 Å². The second-order valence-electron chi connectivity index (χ2n) is 4.00. The number of rotatable bonds is 3. The molecule has 19 heavy (non-hydrogen) atoms. The molecule has 0 radical (unpaired) electrons. The van der Waals surface area contributed by atoms with Gasteiger partial charge in [-0.25, -0.2) is 4.79 Å². The van der Waals surface area contributed by atoms with Crippen LogP contribution in [-0.4, -0.2) is 42.2 Å². The predicted molar refractivity (Wildman–Crippen MR) is 72.4 cm³/mol. The Bertz CT molecular complexity index is 489. The van der Waals surface area contributed by atoms with Crippen molar-refractivity contribution in [3.8, 4) is 0 Å². The van der Waals surface area contributed by atoms with Crippen LogP contribution in [0.3, 0.4) is 0 Å². The van der Waals surface area contributed by atoms with Crippen LogP contribution in [0.4, 0.5) is 11.4 Å². The van der Waals surface area contributed by atoms with Crippen molar-refractivity contribution in [3.05, 3.63) is 33.9 Å². The Morgan fingerprint density at radius 3 is 2.53 bits per heavy atom. The van der Waals surface area contributed by atoms with Crippen LogP contribution in [0.25, 0.3) is 0 Å². The summed E-state index contributed by atoms with van der Waals surface area (Å²) in [6, 6.07) is 4.01. The van der Waals surface area contributed by atoms with Gasteiger partial charge in [-0.1, -0.05) is 0 Å². The summed E-state index contributed by atoms with van der Waals surface area (Å²) in [6.45, 7) is 2.87. The number of hydrogen-bond acceptors (Lipinski definition) is 5. The average molecular weight is 288 g/mol. The van der Waals surface area contributed by atoms with Crippen LogP contribution in [0, 0.1) is 10.1 Å². The van der Waals surface area contributed by atoms with Gasteiger partial charge >= 0.3 is 5.97 Å². The first kappa shape index (κ1) is 15.2. The second kappa shape index (κ2) is 6.35. The Morgan fingerprint density at radius 2 is 2.00 bits per heavy atom. The number of halogens is 1. The van der Waals surface area contributed by atoms with E-state index in [4.69, 9.17) is 5.11 Å². The molecule has 0 aliphatic carbocycles. The smallest absolute Gasteiger partial charge is 0.335 e. The van der Waals surface area contributed by atoms with E-state index in [-0.39, 0.29) is 23.7 Å². The maximum Gasteiger partial charge on any atom is 0.335 e. The first-order valence-electron chi connectivity index (χ1n) is 5.57. The van der Waals surface area contributed by atoms with Gasteiger partial charge in [0.05, 0.1) is 10.5 Å². The summed E-state index contributed by atoms with van der Waals surface area (Å²) in [6.07, 6.45) is 0. The summed E-state index contributed by atoms with van der Waals surface area (Å²) >= 11 is 0. The maximum atomic E-state index is 11.0. The van der Waals surface area contributed by atoms with E-state index in [1.165, 1.54) is 12.1 Å². The number of aromatic carboxylic acids is 1. The molecule has 0 bridgehead atoms. The summed E-state index contributed by atoms with van der Waals surface area (Å²) in [5.74, 6) is -1.16. The number of carbonyl (C=O) groups is 1. The fraction of sp³-hybridized carbons (Fsp3) is 0.364. The molecule has 7 nitrogen and oxygen atoms in total. The first-order valence-corrected chi connectivity index (χ1v) is 5.57. The number of nitro benzene ring substituents is 1. The summed E-state index contributed by atoms with van der Waals surface area (Å²) in [5.41, 5.74) is 0.254. The van der Waals surface area contributed by atoms with Crippen molar-refractivity contribution in [2.75, 3.05) is 31.1 Å². The van der Waals surface area contributed by atoms with Gasteiger partial charge in [0, 0.05) is 32.2 Å². The molecular weight excluding hydrogens is 274 g/mol. The largest absolute Gasteiger partial charge is 0.478 e. The minimum atomic E-state index is -1.16. The Labute approximate surface area is 115 Å². The highest BCUT2D eigenvalue weighted by Gasteiger charge is 2.22. The van der Waals surface area contributed by atoms with Gasteiger partial charge in [-0.05, 0) is 12.1 Å². The third-order valence-corrected chi connectivity index (χ3v) is 2.88. The van der Waals surface area contributed by atoms with Crippen LogP contribution in [-0.2, 0) is 0 Å². The molecule has 0 spiro atoms. The Kier molecular flexibility index (Phi) is 5.08. The fourth-order valence-electron chi connectivity index (χ4n) is 1.98. The van der Waals surface area contributed by atoms with E-state index in [0.29, 0.717) is 18.8 Å². The van der Waals surface area contributed by atoms with Crippen molar-refractivity contribution in [1.29, 1.82) is 0 Å². The summed E-state index contributed by atoms with van der Waals surface area (Å²) in [4.78, 5) is 23.2. The Balaban J connectivity index is 0.00000180. The summed E-state index contributed by atoms with van der Waals surface area (Å²) in [5, 5.41) is 23.0. The van der Waals surface area contributed by atoms with Crippen LogP contribution >= 0.6 is 12.4 Å². The number of anilines is 1. The predicted octanol–water partition coefficient (Wildman–Crippen LogP) is 1.12. The first-order chi connectivity index (χ1) is 8.59. The van der Waals surface area contributed by atoms with E-state index in [9.17, 15) is 14.9 Å². The zero-order valence-corrected chi connectivity index (χ0v) is 10.9. The zero-order valence-electron chi connectivity index (χ0n) is 10.0. The molecule has 1 aromatic rings. The molecule has 104 valence electrons. The van der Waals surface area contributed by atoms with Gasteiger partial charge in [0.1, 0.15) is 5.69 Å². The average Bonchev–Trinajstić information content (AvgIpc) is 2.39. The molecule has 0 unspecified atom stereocenters. The van der Waals surface area contributed by atoms with Crippen LogP contribution in [0.15, 0.2) is 18.2 Å². The lowest BCUT2D eigenvalue weighted by Crippen LogP contribution is -2.43. The Hall–Kier alpha value is -1.86. The summed E-state index contributed by atoms with van der Waals surface area (Å²) < 4.78 is 0. The molecule has 1 aliphatic heterocycles. The van der Waals surface area contributed by atoms with E-state index < -0.39 is 10.9 Å². The number of piperazine rings is 1. The zero-order chi connectivity index (χ0) is 13.1. The van der Waals surface area contributed by atoms with Crippen molar-refractivity contribution in [3.63, 3.8) is 0 Å². The Morgan fingerprint density at radius 1 is 1.37 bits per heavy atom. The van der Waals surface area contributed by atoms with Gasteiger partial charge in [0.2, 0.25) is 0 Å². The number of nitrogens with zero attached hydrogens (tertiary/aromatic N) is 2. The van der Waals surface area contributed by atoms with Gasteiger partial charge < -0.3 is 15.3 Å². The molecular formula is C11H14ClN3O4. The van der Waals surface area contributed by atoms with Gasteiger partial charge in [-0.15, -0.1) is 12.4 Å². The van der Waals surface area contributed by atoms with Crippen molar-refractivity contribution in [1.82, 2.24) is 5.32 Å². The molecule has 0 atom stereocenters. The topological polar surface area (TPSA) is 95.7 Å². The molecule has 1 aromatic carbocycles. The number of nitrogens with one attached hydrogen (secondary N) is 1. The molecule has 8 heteroatoms. The quantitative estimate of drug-likeness (QED) is 0.639. The van der Waals surface area contributed by atoms with E-state index in [1.54, 1.807) is 0 Å². The fourth-order valence-corrected chi connectivity index (χ4v) is 1.98. The molecule has 1 aliphatic rings. The standard InChI is InChI=1S/C11H13N3O4.ClH/c15-11(16)8-1-2-9(10(7-8)14(17)18)13-5-3-12-4-6-13;/h1-2,7,12H,3-6H2,(H,15,16);1H. The highest BCUT2D eigenvalue weighted by Crippen LogP contribution is 2.29. The monoisotopic (exact) mass is 287 g/mol. The normalized spacial score (nSPS) is 14.6. The second-order valence-corrected chi connectivity index (χ2v) is 4.00. The van der Waals surface area contributed by atoms with Crippen LogP contribution < -0.4 is 10.2 Å². The lowest BCUT2D eigenvalue weighted by atomic mass is 10.1. The minimum Gasteiger partial charge on any atom is -0.478 e. The van der Waals surface area contributed by atoms with E-state index in [1.807, 2.05) is 4.90 Å². The van der Waals surface area contributed by atoms with Gasteiger partial charge in [-0.2, -0.15) is 0 Å². The van der Waals surface area contributed by atoms with Crippen molar-refractivity contribution in [2.24, 2.45) is 0 Å². The maximum absolute atomic E-state index is 11.0. The number of nitro groups is 1. The molecule has 1 saturated heterocycles. The highest BCUT2D eigenvalue weighted by molar-refractivity contribution is 5.89. The molecule has 0 amide bonds. The van der Waals surface area contributed by atoms with Crippen molar-refractivity contribution >= 4 is 29.8 Å². The molecule has 0 saturated carbocycles. The van der Waals surface area contributed by atoms with Crippen molar-refractivity contribution in [2.45, 2.75) is 0 Å². The van der Waals surface area contributed by atoms with Gasteiger partial charge in [0.25, 0.3) is 5.69 Å². The minimum absolute atomic E-state index is 0. The number of hydrogen-bond donors (Lipinski definition) is 2. The van der Waals surface area contributed by atoms with Crippen molar-refractivity contribution < 1.29 is 14.8 Å². The SMILES string of the molecule is Cl.O=C(O)c1ccc(N2CCNCC2)c([N+](=O)[O-])c1. The number of carboxylic acid groups (broad SMARTS) is 1. The molecule has 1 fully saturated rings. The van der Waals surface area contributed by atoms with E-state index >= 15 is 0 Å². The highest BCUT2D eigenvalue weighted by atomic mass is 35.5.